The predicted molar refractivity (Wildman–Crippen MR) is 109 cm³/mol. The Morgan fingerprint density at radius 1 is 0.600 bits per heavy atom. The Labute approximate surface area is 150 Å². The first-order valence-electron chi connectivity index (χ1n) is 9.05. The van der Waals surface area contributed by atoms with Gasteiger partial charge < -0.3 is 10.6 Å². The molecule has 2 N–H and O–H groups in total. The molecule has 0 aliphatic rings. The molecule has 25 heavy (non-hydrogen) atoms. The molecule has 0 aliphatic heterocycles. The van der Waals surface area contributed by atoms with E-state index in [1.54, 1.807) is 0 Å². The summed E-state index contributed by atoms with van der Waals surface area (Å²) in [6.45, 7) is 6.10. The third kappa shape index (κ3) is 3.85. The summed E-state index contributed by atoms with van der Waals surface area (Å²) in [4.78, 5) is 0. The van der Waals surface area contributed by atoms with E-state index >= 15 is 0 Å². The van der Waals surface area contributed by atoms with E-state index in [1.807, 2.05) is 0 Å². The number of hydrogen-bond donors (Lipinski definition) is 2. The Balaban J connectivity index is 2.19. The van der Waals surface area contributed by atoms with Crippen LogP contribution in [0, 0.1) is 0 Å². The Hall–Kier alpha value is -2.74. The zero-order valence-corrected chi connectivity index (χ0v) is 15.0. The van der Waals surface area contributed by atoms with Gasteiger partial charge in [0.2, 0.25) is 0 Å². The highest BCUT2D eigenvalue weighted by Crippen LogP contribution is 2.39. The minimum Gasteiger partial charge on any atom is -0.385 e. The molecule has 0 fully saturated rings. The van der Waals surface area contributed by atoms with Gasteiger partial charge >= 0.3 is 0 Å². The molecule has 0 heterocycles. The van der Waals surface area contributed by atoms with Crippen molar-refractivity contribution in [1.82, 2.24) is 0 Å². The van der Waals surface area contributed by atoms with Gasteiger partial charge in [0, 0.05) is 30.4 Å². The molecule has 0 spiro atoms. The van der Waals surface area contributed by atoms with E-state index in [2.05, 4.69) is 103 Å². The van der Waals surface area contributed by atoms with Crippen molar-refractivity contribution in [2.45, 2.75) is 19.8 Å². The SMILES string of the molecule is CCNc1ccccc1C(c1ccccc1)c1ccccc1NCC. The minimum absolute atomic E-state index is 0.187. The summed E-state index contributed by atoms with van der Waals surface area (Å²) in [5.74, 6) is 0.187. The van der Waals surface area contributed by atoms with Crippen LogP contribution in [0.5, 0.6) is 0 Å². The van der Waals surface area contributed by atoms with Gasteiger partial charge in [-0.3, -0.25) is 0 Å². The molecule has 0 aliphatic carbocycles. The molecule has 0 bridgehead atoms. The van der Waals surface area contributed by atoms with E-state index in [-0.39, 0.29) is 5.92 Å². The Morgan fingerprint density at radius 2 is 1.04 bits per heavy atom. The van der Waals surface area contributed by atoms with Crippen LogP contribution in [0.1, 0.15) is 36.5 Å². The fourth-order valence-electron chi connectivity index (χ4n) is 3.37. The third-order valence-corrected chi connectivity index (χ3v) is 4.41. The molecule has 0 aromatic heterocycles. The molecule has 3 aromatic rings. The number of nitrogens with one attached hydrogen (secondary N) is 2. The van der Waals surface area contributed by atoms with Crippen molar-refractivity contribution >= 4 is 11.4 Å². The monoisotopic (exact) mass is 330 g/mol. The van der Waals surface area contributed by atoms with Crippen LogP contribution in [0.25, 0.3) is 0 Å². The van der Waals surface area contributed by atoms with Crippen LogP contribution in [0.4, 0.5) is 11.4 Å². The largest absolute Gasteiger partial charge is 0.385 e. The molecule has 2 heteroatoms. The molecular weight excluding hydrogens is 304 g/mol. The van der Waals surface area contributed by atoms with E-state index in [1.165, 1.54) is 28.1 Å². The molecule has 0 saturated heterocycles. The molecule has 0 unspecified atom stereocenters. The Morgan fingerprint density at radius 3 is 1.52 bits per heavy atom. The second-order valence-electron chi connectivity index (χ2n) is 6.08. The number of anilines is 2. The van der Waals surface area contributed by atoms with E-state index in [0.29, 0.717) is 0 Å². The lowest BCUT2D eigenvalue weighted by atomic mass is 9.83. The number of rotatable bonds is 7. The average molecular weight is 330 g/mol. The molecule has 0 amide bonds. The van der Waals surface area contributed by atoms with Crippen molar-refractivity contribution in [3.63, 3.8) is 0 Å². The summed E-state index contributed by atoms with van der Waals surface area (Å²) in [6, 6.07) is 28.0. The zero-order valence-electron chi connectivity index (χ0n) is 15.0. The molecule has 0 atom stereocenters. The fraction of sp³-hybridized carbons (Fsp3) is 0.217. The van der Waals surface area contributed by atoms with Gasteiger partial charge in [-0.15, -0.1) is 0 Å². The lowest BCUT2D eigenvalue weighted by Gasteiger charge is -2.24. The molecular formula is C23H26N2. The first kappa shape index (κ1) is 17.1. The standard InChI is InChI=1S/C23H26N2/c1-3-24-21-16-10-8-14-19(21)23(18-12-6-5-7-13-18)20-15-9-11-17-22(20)25-4-2/h5-17,23-25H,3-4H2,1-2H3. The fourth-order valence-corrected chi connectivity index (χ4v) is 3.37. The van der Waals surface area contributed by atoms with E-state index in [9.17, 15) is 0 Å². The van der Waals surface area contributed by atoms with Gasteiger partial charge in [-0.2, -0.15) is 0 Å². The van der Waals surface area contributed by atoms with E-state index in [4.69, 9.17) is 0 Å². The second kappa shape index (κ2) is 8.39. The van der Waals surface area contributed by atoms with Crippen molar-refractivity contribution in [1.29, 1.82) is 0 Å². The average Bonchev–Trinajstić information content (AvgIpc) is 2.66. The maximum Gasteiger partial charge on any atom is 0.0382 e. The Bertz CT molecular complexity index is 746. The summed E-state index contributed by atoms with van der Waals surface area (Å²) >= 11 is 0. The van der Waals surface area contributed by atoms with Crippen molar-refractivity contribution in [2.75, 3.05) is 23.7 Å². The number of benzene rings is 3. The third-order valence-electron chi connectivity index (χ3n) is 4.41. The van der Waals surface area contributed by atoms with Crippen LogP contribution in [-0.4, -0.2) is 13.1 Å². The van der Waals surface area contributed by atoms with Gasteiger partial charge in [0.25, 0.3) is 0 Å². The summed E-state index contributed by atoms with van der Waals surface area (Å²) < 4.78 is 0. The van der Waals surface area contributed by atoms with Crippen molar-refractivity contribution < 1.29 is 0 Å². The Kier molecular flexibility index (Phi) is 5.73. The van der Waals surface area contributed by atoms with Crippen LogP contribution in [-0.2, 0) is 0 Å². The zero-order chi connectivity index (χ0) is 17.5. The highest BCUT2D eigenvalue weighted by atomic mass is 14.9. The lowest BCUT2D eigenvalue weighted by molar-refractivity contribution is 0.970. The number of hydrogen-bond acceptors (Lipinski definition) is 2. The molecule has 3 aromatic carbocycles. The van der Waals surface area contributed by atoms with E-state index < -0.39 is 0 Å². The molecule has 128 valence electrons. The molecule has 0 radical (unpaired) electrons. The van der Waals surface area contributed by atoms with Crippen LogP contribution in [0.2, 0.25) is 0 Å². The molecule has 3 rings (SSSR count). The highest BCUT2D eigenvalue weighted by Gasteiger charge is 2.21. The van der Waals surface area contributed by atoms with Gasteiger partial charge in [0.1, 0.15) is 0 Å². The van der Waals surface area contributed by atoms with Gasteiger partial charge in [-0.25, -0.2) is 0 Å². The first-order valence-corrected chi connectivity index (χ1v) is 9.05. The van der Waals surface area contributed by atoms with Crippen molar-refractivity contribution in [3.05, 3.63) is 95.6 Å². The summed E-state index contributed by atoms with van der Waals surface area (Å²) in [7, 11) is 0. The van der Waals surface area contributed by atoms with Crippen LogP contribution in [0.15, 0.2) is 78.9 Å². The smallest absolute Gasteiger partial charge is 0.0382 e. The summed E-state index contributed by atoms with van der Waals surface area (Å²) in [5.41, 5.74) is 6.32. The summed E-state index contributed by atoms with van der Waals surface area (Å²) in [6.07, 6.45) is 0. The molecule has 0 saturated carbocycles. The van der Waals surface area contributed by atoms with Crippen molar-refractivity contribution in [3.8, 4) is 0 Å². The normalized spacial score (nSPS) is 10.7. The van der Waals surface area contributed by atoms with Gasteiger partial charge in [-0.05, 0) is 42.7 Å². The van der Waals surface area contributed by atoms with Crippen LogP contribution >= 0.6 is 0 Å². The van der Waals surface area contributed by atoms with Gasteiger partial charge in [0.05, 0.1) is 0 Å². The quantitative estimate of drug-likeness (QED) is 0.541. The maximum absolute atomic E-state index is 3.53. The van der Waals surface area contributed by atoms with Crippen LogP contribution in [0.3, 0.4) is 0 Å². The van der Waals surface area contributed by atoms with Crippen LogP contribution < -0.4 is 10.6 Å². The second-order valence-corrected chi connectivity index (χ2v) is 6.08. The highest BCUT2D eigenvalue weighted by molar-refractivity contribution is 5.64. The van der Waals surface area contributed by atoms with Gasteiger partial charge in [0.15, 0.2) is 0 Å². The van der Waals surface area contributed by atoms with Crippen molar-refractivity contribution in [2.24, 2.45) is 0 Å². The number of para-hydroxylation sites is 2. The lowest BCUT2D eigenvalue weighted by Crippen LogP contribution is -2.11. The molecule has 2 nitrogen and oxygen atoms in total. The maximum atomic E-state index is 3.53. The topological polar surface area (TPSA) is 24.1 Å². The minimum atomic E-state index is 0.187. The predicted octanol–water partition coefficient (Wildman–Crippen LogP) is 5.73. The van der Waals surface area contributed by atoms with Gasteiger partial charge in [-0.1, -0.05) is 66.7 Å². The summed E-state index contributed by atoms with van der Waals surface area (Å²) in [5, 5.41) is 7.05. The van der Waals surface area contributed by atoms with E-state index in [0.717, 1.165) is 13.1 Å². The first-order chi connectivity index (χ1) is 12.3.